The smallest absolute Gasteiger partial charge is 0.225 e. The summed E-state index contributed by atoms with van der Waals surface area (Å²) in [6.45, 7) is 2.13. The first-order valence-corrected chi connectivity index (χ1v) is 7.82. The van der Waals surface area contributed by atoms with Crippen molar-refractivity contribution in [3.63, 3.8) is 0 Å². The number of carbonyl (C=O) groups excluding carboxylic acids is 1. The molecule has 0 aliphatic carbocycles. The summed E-state index contributed by atoms with van der Waals surface area (Å²) in [6.07, 6.45) is 2.51. The fraction of sp³-hybridized carbons (Fsp3) is 0.533. The van der Waals surface area contributed by atoms with Crippen molar-refractivity contribution >= 4 is 21.8 Å². The maximum atomic E-state index is 12.1. The first-order valence-electron chi connectivity index (χ1n) is 7.02. The van der Waals surface area contributed by atoms with Gasteiger partial charge in [0.2, 0.25) is 5.91 Å². The van der Waals surface area contributed by atoms with Gasteiger partial charge in [-0.15, -0.1) is 0 Å². The first kappa shape index (κ1) is 15.3. The Morgan fingerprint density at radius 2 is 2.20 bits per heavy atom. The third-order valence-corrected chi connectivity index (χ3v) is 4.13. The second kappa shape index (κ2) is 7.64. The van der Waals surface area contributed by atoms with Crippen molar-refractivity contribution in [3.05, 3.63) is 28.7 Å². The first-order chi connectivity index (χ1) is 9.69. The number of likely N-dealkylation sites (tertiary alicyclic amines) is 1. The zero-order chi connectivity index (χ0) is 14.4. The van der Waals surface area contributed by atoms with Gasteiger partial charge in [0.1, 0.15) is 5.75 Å². The largest absolute Gasteiger partial charge is 0.493 e. The number of amides is 1. The Hall–Kier alpha value is -1.07. The van der Waals surface area contributed by atoms with E-state index in [2.05, 4.69) is 21.2 Å². The van der Waals surface area contributed by atoms with E-state index in [9.17, 15) is 4.79 Å². The van der Waals surface area contributed by atoms with Gasteiger partial charge in [0, 0.05) is 23.6 Å². The minimum absolute atomic E-state index is 0.189. The monoisotopic (exact) mass is 340 g/mol. The number of nitrogens with one attached hydrogen (secondary N) is 1. The zero-order valence-corrected chi connectivity index (χ0v) is 13.4. The van der Waals surface area contributed by atoms with Gasteiger partial charge in [0.25, 0.3) is 0 Å². The minimum atomic E-state index is 0.189. The lowest BCUT2D eigenvalue weighted by Gasteiger charge is -2.31. The molecule has 1 N–H and O–H groups in total. The lowest BCUT2D eigenvalue weighted by molar-refractivity contribution is -0.132. The second-order valence-corrected chi connectivity index (χ2v) is 5.92. The van der Waals surface area contributed by atoms with Gasteiger partial charge in [-0.05, 0) is 38.1 Å². The van der Waals surface area contributed by atoms with Gasteiger partial charge in [-0.1, -0.05) is 22.0 Å². The molecule has 1 aromatic rings. The topological polar surface area (TPSA) is 41.6 Å². The quantitative estimate of drug-likeness (QED) is 0.894. The fourth-order valence-corrected chi connectivity index (χ4v) is 2.77. The number of piperidine rings is 1. The highest BCUT2D eigenvalue weighted by Gasteiger charge is 2.21. The second-order valence-electron chi connectivity index (χ2n) is 5.00. The average molecular weight is 341 g/mol. The van der Waals surface area contributed by atoms with Crippen LogP contribution in [-0.4, -0.2) is 43.6 Å². The van der Waals surface area contributed by atoms with E-state index in [-0.39, 0.29) is 5.91 Å². The number of benzene rings is 1. The minimum Gasteiger partial charge on any atom is -0.493 e. The van der Waals surface area contributed by atoms with Crippen LogP contribution in [0, 0.1) is 0 Å². The molecule has 110 valence electrons. The molecule has 0 unspecified atom stereocenters. The SMILES string of the molecule is CNC1CCN(C(=O)CCOc2cccc(Br)c2)CC1. The van der Waals surface area contributed by atoms with Crippen molar-refractivity contribution in [2.45, 2.75) is 25.3 Å². The van der Waals surface area contributed by atoms with Crippen molar-refractivity contribution in [1.29, 1.82) is 0 Å². The van der Waals surface area contributed by atoms with Crippen LogP contribution in [0.2, 0.25) is 0 Å². The Balaban J connectivity index is 1.70. The van der Waals surface area contributed by atoms with E-state index in [0.717, 1.165) is 36.2 Å². The van der Waals surface area contributed by atoms with Gasteiger partial charge in [-0.25, -0.2) is 0 Å². The van der Waals surface area contributed by atoms with Gasteiger partial charge in [0.05, 0.1) is 13.0 Å². The van der Waals surface area contributed by atoms with E-state index in [4.69, 9.17) is 4.74 Å². The number of ether oxygens (including phenoxy) is 1. The highest BCUT2D eigenvalue weighted by Crippen LogP contribution is 2.18. The summed E-state index contributed by atoms with van der Waals surface area (Å²) in [7, 11) is 1.98. The molecule has 5 heteroatoms. The molecule has 1 aliphatic heterocycles. The summed E-state index contributed by atoms with van der Waals surface area (Å²) >= 11 is 3.40. The Kier molecular flexibility index (Phi) is 5.86. The number of hydrogen-bond donors (Lipinski definition) is 1. The molecule has 20 heavy (non-hydrogen) atoms. The molecule has 1 aromatic carbocycles. The highest BCUT2D eigenvalue weighted by molar-refractivity contribution is 9.10. The van der Waals surface area contributed by atoms with E-state index in [1.54, 1.807) is 0 Å². The molecule has 0 atom stereocenters. The Bertz CT molecular complexity index is 445. The summed E-state index contributed by atoms with van der Waals surface area (Å²) in [4.78, 5) is 14.0. The van der Waals surface area contributed by atoms with Crippen LogP contribution in [0.4, 0.5) is 0 Å². The molecular formula is C15H21BrN2O2. The predicted molar refractivity (Wildman–Crippen MR) is 82.9 cm³/mol. The Morgan fingerprint density at radius 3 is 2.85 bits per heavy atom. The fourth-order valence-electron chi connectivity index (χ4n) is 2.39. The Labute approximate surface area is 128 Å². The van der Waals surface area contributed by atoms with Gasteiger partial charge < -0.3 is 15.0 Å². The number of halogens is 1. The number of carbonyl (C=O) groups is 1. The highest BCUT2D eigenvalue weighted by atomic mass is 79.9. The van der Waals surface area contributed by atoms with Gasteiger partial charge >= 0.3 is 0 Å². The molecule has 1 saturated heterocycles. The van der Waals surface area contributed by atoms with E-state index in [1.807, 2.05) is 36.2 Å². The van der Waals surface area contributed by atoms with Crippen LogP contribution in [0.25, 0.3) is 0 Å². The van der Waals surface area contributed by atoms with E-state index in [0.29, 0.717) is 19.1 Å². The third-order valence-electron chi connectivity index (χ3n) is 3.64. The zero-order valence-electron chi connectivity index (χ0n) is 11.8. The molecule has 0 bridgehead atoms. The molecule has 1 amide bonds. The van der Waals surface area contributed by atoms with Crippen molar-refractivity contribution in [2.75, 3.05) is 26.7 Å². The van der Waals surface area contributed by atoms with Crippen LogP contribution in [0.1, 0.15) is 19.3 Å². The third kappa shape index (κ3) is 4.49. The van der Waals surface area contributed by atoms with Crippen LogP contribution in [0.3, 0.4) is 0 Å². The molecule has 0 spiro atoms. The summed E-state index contributed by atoms with van der Waals surface area (Å²) in [5.41, 5.74) is 0. The maximum absolute atomic E-state index is 12.1. The molecule has 2 rings (SSSR count). The molecule has 1 heterocycles. The summed E-state index contributed by atoms with van der Waals surface area (Å²) in [5.74, 6) is 0.982. The molecular weight excluding hydrogens is 320 g/mol. The van der Waals surface area contributed by atoms with Crippen LogP contribution in [0.15, 0.2) is 28.7 Å². The van der Waals surface area contributed by atoms with Gasteiger partial charge in [-0.2, -0.15) is 0 Å². The lowest BCUT2D eigenvalue weighted by atomic mass is 10.1. The van der Waals surface area contributed by atoms with Crippen LogP contribution in [0.5, 0.6) is 5.75 Å². The molecule has 0 aromatic heterocycles. The average Bonchev–Trinajstić information content (AvgIpc) is 2.47. The molecule has 1 aliphatic rings. The molecule has 4 nitrogen and oxygen atoms in total. The van der Waals surface area contributed by atoms with E-state index < -0.39 is 0 Å². The van der Waals surface area contributed by atoms with Crippen molar-refractivity contribution in [1.82, 2.24) is 10.2 Å². The standard InChI is InChI=1S/C15H21BrN2O2/c1-17-13-5-8-18(9-6-13)15(19)7-10-20-14-4-2-3-12(16)11-14/h2-4,11,13,17H,5-10H2,1H3. The number of rotatable bonds is 5. The number of hydrogen-bond acceptors (Lipinski definition) is 3. The van der Waals surface area contributed by atoms with Crippen molar-refractivity contribution in [2.24, 2.45) is 0 Å². The summed E-state index contributed by atoms with van der Waals surface area (Å²) < 4.78 is 6.58. The van der Waals surface area contributed by atoms with Crippen LogP contribution in [-0.2, 0) is 4.79 Å². The summed E-state index contributed by atoms with van der Waals surface area (Å²) in [5, 5.41) is 3.27. The van der Waals surface area contributed by atoms with Crippen molar-refractivity contribution in [3.8, 4) is 5.75 Å². The molecule has 0 saturated carbocycles. The normalized spacial score (nSPS) is 16.2. The van der Waals surface area contributed by atoms with E-state index in [1.165, 1.54) is 0 Å². The van der Waals surface area contributed by atoms with Gasteiger partial charge in [0.15, 0.2) is 0 Å². The van der Waals surface area contributed by atoms with E-state index >= 15 is 0 Å². The molecule has 1 fully saturated rings. The van der Waals surface area contributed by atoms with Crippen LogP contribution < -0.4 is 10.1 Å². The Morgan fingerprint density at radius 1 is 1.45 bits per heavy atom. The molecule has 0 radical (unpaired) electrons. The lowest BCUT2D eigenvalue weighted by Crippen LogP contribution is -2.44. The van der Waals surface area contributed by atoms with Crippen molar-refractivity contribution < 1.29 is 9.53 Å². The van der Waals surface area contributed by atoms with Crippen LogP contribution >= 0.6 is 15.9 Å². The van der Waals surface area contributed by atoms with Gasteiger partial charge in [-0.3, -0.25) is 4.79 Å². The predicted octanol–water partition coefficient (Wildman–Crippen LogP) is 2.43. The summed E-state index contributed by atoms with van der Waals surface area (Å²) in [6, 6.07) is 8.22. The maximum Gasteiger partial charge on any atom is 0.225 e. The number of nitrogens with zero attached hydrogens (tertiary/aromatic N) is 1.